The zero-order chi connectivity index (χ0) is 21.0. The molecule has 1 aromatic heterocycles. The zero-order valence-electron chi connectivity index (χ0n) is 16.5. The van der Waals surface area contributed by atoms with Gasteiger partial charge >= 0.3 is 0 Å². The number of nitrogens with zero attached hydrogens (tertiary/aromatic N) is 3. The number of para-hydroxylation sites is 2. The lowest BCUT2D eigenvalue weighted by Gasteiger charge is -2.37. The lowest BCUT2D eigenvalue weighted by Crippen LogP contribution is -2.42. The van der Waals surface area contributed by atoms with E-state index in [1.54, 1.807) is 0 Å². The molecule has 4 aromatic rings. The SMILES string of the molecule is O=C(CSc1nnc(-c2ccccc2)o1)N1c2ccccc2OCC1c1ccccc1. The fourth-order valence-corrected chi connectivity index (χ4v) is 4.20. The summed E-state index contributed by atoms with van der Waals surface area (Å²) in [5, 5.41) is 8.54. The minimum atomic E-state index is -0.202. The summed E-state index contributed by atoms with van der Waals surface area (Å²) in [6.45, 7) is 0.399. The van der Waals surface area contributed by atoms with Gasteiger partial charge in [0.1, 0.15) is 12.4 Å². The Morgan fingerprint density at radius 1 is 0.935 bits per heavy atom. The summed E-state index contributed by atoms with van der Waals surface area (Å²) in [4.78, 5) is 15.2. The monoisotopic (exact) mass is 429 g/mol. The van der Waals surface area contributed by atoms with E-state index in [9.17, 15) is 4.79 Å². The molecular weight excluding hydrogens is 410 g/mol. The second kappa shape index (κ2) is 8.65. The van der Waals surface area contributed by atoms with Crippen LogP contribution in [0.1, 0.15) is 11.6 Å². The molecular formula is C24H19N3O3S. The highest BCUT2D eigenvalue weighted by Crippen LogP contribution is 2.39. The maximum Gasteiger partial charge on any atom is 0.277 e. The second-order valence-electron chi connectivity index (χ2n) is 7.00. The van der Waals surface area contributed by atoms with Crippen LogP contribution < -0.4 is 9.64 Å². The number of amides is 1. The highest BCUT2D eigenvalue weighted by molar-refractivity contribution is 7.99. The van der Waals surface area contributed by atoms with Crippen molar-refractivity contribution < 1.29 is 13.9 Å². The molecule has 0 fully saturated rings. The molecule has 6 nitrogen and oxygen atoms in total. The summed E-state index contributed by atoms with van der Waals surface area (Å²) in [7, 11) is 0. The molecule has 0 N–H and O–H groups in total. The topological polar surface area (TPSA) is 68.5 Å². The van der Waals surface area contributed by atoms with Gasteiger partial charge in [0.2, 0.25) is 11.8 Å². The van der Waals surface area contributed by atoms with E-state index < -0.39 is 0 Å². The van der Waals surface area contributed by atoms with Gasteiger partial charge in [-0.05, 0) is 29.8 Å². The van der Waals surface area contributed by atoms with Gasteiger partial charge in [-0.2, -0.15) is 0 Å². The highest BCUT2D eigenvalue weighted by Gasteiger charge is 2.33. The summed E-state index contributed by atoms with van der Waals surface area (Å²) in [6.07, 6.45) is 0. The Hall–Kier alpha value is -3.58. The summed E-state index contributed by atoms with van der Waals surface area (Å²) in [5.74, 6) is 1.27. The standard InChI is InChI=1S/C24H19N3O3S/c28-22(16-31-24-26-25-23(30-24)18-11-5-2-6-12-18)27-19-13-7-8-14-21(19)29-15-20(27)17-9-3-1-4-10-17/h1-14,20H,15-16H2. The van der Waals surface area contributed by atoms with Crippen molar-refractivity contribution in [2.24, 2.45) is 0 Å². The molecule has 0 radical (unpaired) electrons. The van der Waals surface area contributed by atoms with Gasteiger partial charge in [-0.1, -0.05) is 72.4 Å². The Balaban J connectivity index is 1.37. The highest BCUT2D eigenvalue weighted by atomic mass is 32.2. The van der Waals surface area contributed by atoms with Crippen LogP contribution in [0.2, 0.25) is 0 Å². The molecule has 1 amide bonds. The van der Waals surface area contributed by atoms with Crippen molar-refractivity contribution in [1.29, 1.82) is 0 Å². The summed E-state index contributed by atoms with van der Waals surface area (Å²) in [5.41, 5.74) is 2.64. The van der Waals surface area contributed by atoms with E-state index in [0.717, 1.165) is 16.8 Å². The number of thioether (sulfide) groups is 1. The minimum Gasteiger partial charge on any atom is -0.489 e. The number of benzene rings is 3. The third-order valence-corrected chi connectivity index (χ3v) is 5.84. The maximum atomic E-state index is 13.4. The molecule has 1 unspecified atom stereocenters. The Kier molecular flexibility index (Phi) is 5.41. The van der Waals surface area contributed by atoms with E-state index in [2.05, 4.69) is 10.2 Å². The van der Waals surface area contributed by atoms with Crippen LogP contribution in [-0.4, -0.2) is 28.5 Å². The molecule has 0 aliphatic carbocycles. The molecule has 1 aliphatic rings. The molecule has 7 heteroatoms. The summed E-state index contributed by atoms with van der Waals surface area (Å²) in [6, 6.07) is 26.9. The predicted octanol–water partition coefficient (Wildman–Crippen LogP) is 5.00. The van der Waals surface area contributed by atoms with Crippen LogP contribution in [0.15, 0.2) is 94.6 Å². The number of hydrogen-bond donors (Lipinski definition) is 0. The van der Waals surface area contributed by atoms with Crippen molar-refractivity contribution >= 4 is 23.4 Å². The van der Waals surface area contributed by atoms with E-state index in [-0.39, 0.29) is 17.7 Å². The first-order valence-electron chi connectivity index (χ1n) is 9.90. The first-order valence-corrected chi connectivity index (χ1v) is 10.9. The Labute approximate surface area is 183 Å². The first-order chi connectivity index (χ1) is 15.3. The molecule has 1 atom stereocenters. The smallest absolute Gasteiger partial charge is 0.277 e. The van der Waals surface area contributed by atoms with Crippen molar-refractivity contribution in [2.45, 2.75) is 11.3 Å². The number of aromatic nitrogens is 2. The van der Waals surface area contributed by atoms with Crippen LogP contribution in [0.25, 0.3) is 11.5 Å². The van der Waals surface area contributed by atoms with Crippen LogP contribution in [0, 0.1) is 0 Å². The van der Waals surface area contributed by atoms with E-state index in [1.165, 1.54) is 11.8 Å². The molecule has 154 valence electrons. The third-order valence-electron chi connectivity index (χ3n) is 5.03. The number of carbonyl (C=O) groups excluding carboxylic acids is 1. The molecule has 1 aliphatic heterocycles. The number of ether oxygens (including phenoxy) is 1. The average Bonchev–Trinajstić information content (AvgIpc) is 3.32. The number of carbonyl (C=O) groups is 1. The van der Waals surface area contributed by atoms with Crippen molar-refractivity contribution in [3.63, 3.8) is 0 Å². The van der Waals surface area contributed by atoms with Crippen LogP contribution >= 0.6 is 11.8 Å². The van der Waals surface area contributed by atoms with Crippen LogP contribution in [0.5, 0.6) is 5.75 Å². The van der Waals surface area contributed by atoms with Gasteiger partial charge in [0.05, 0.1) is 17.5 Å². The van der Waals surface area contributed by atoms with Crippen LogP contribution in [-0.2, 0) is 4.79 Å². The zero-order valence-corrected chi connectivity index (χ0v) is 17.4. The van der Waals surface area contributed by atoms with Gasteiger partial charge in [-0.25, -0.2) is 0 Å². The predicted molar refractivity (Wildman–Crippen MR) is 119 cm³/mol. The molecule has 31 heavy (non-hydrogen) atoms. The van der Waals surface area contributed by atoms with Gasteiger partial charge in [0.15, 0.2) is 0 Å². The first kappa shape index (κ1) is 19.4. The molecule has 0 saturated heterocycles. The molecule has 3 aromatic carbocycles. The molecule has 5 rings (SSSR count). The molecule has 2 heterocycles. The van der Waals surface area contributed by atoms with Crippen molar-refractivity contribution in [3.8, 4) is 17.2 Å². The van der Waals surface area contributed by atoms with Gasteiger partial charge in [0.25, 0.3) is 5.22 Å². The summed E-state index contributed by atoms with van der Waals surface area (Å²) < 4.78 is 11.7. The fraction of sp³-hybridized carbons (Fsp3) is 0.125. The summed E-state index contributed by atoms with van der Waals surface area (Å²) >= 11 is 1.24. The van der Waals surface area contributed by atoms with Gasteiger partial charge in [0, 0.05) is 5.56 Å². The van der Waals surface area contributed by atoms with Gasteiger partial charge in [-0.15, -0.1) is 10.2 Å². The van der Waals surface area contributed by atoms with E-state index in [0.29, 0.717) is 23.5 Å². The normalized spacial score (nSPS) is 15.2. The number of anilines is 1. The van der Waals surface area contributed by atoms with Gasteiger partial charge < -0.3 is 9.15 Å². The number of fused-ring (bicyclic) bond motifs is 1. The molecule has 0 spiro atoms. The second-order valence-corrected chi connectivity index (χ2v) is 7.92. The van der Waals surface area contributed by atoms with E-state index >= 15 is 0 Å². The fourth-order valence-electron chi connectivity index (χ4n) is 3.58. The lowest BCUT2D eigenvalue weighted by atomic mass is 10.0. The molecule has 0 saturated carbocycles. The lowest BCUT2D eigenvalue weighted by molar-refractivity contribution is -0.117. The average molecular weight is 430 g/mol. The Morgan fingerprint density at radius 3 is 2.45 bits per heavy atom. The number of hydrogen-bond acceptors (Lipinski definition) is 6. The van der Waals surface area contributed by atoms with Crippen LogP contribution in [0.4, 0.5) is 5.69 Å². The van der Waals surface area contributed by atoms with E-state index in [4.69, 9.17) is 9.15 Å². The maximum absolute atomic E-state index is 13.4. The largest absolute Gasteiger partial charge is 0.489 e. The third kappa shape index (κ3) is 4.04. The van der Waals surface area contributed by atoms with E-state index in [1.807, 2.05) is 89.8 Å². The molecule has 0 bridgehead atoms. The van der Waals surface area contributed by atoms with Crippen molar-refractivity contribution in [3.05, 3.63) is 90.5 Å². The minimum absolute atomic E-state index is 0.0472. The Morgan fingerprint density at radius 2 is 1.65 bits per heavy atom. The van der Waals surface area contributed by atoms with Crippen molar-refractivity contribution in [1.82, 2.24) is 10.2 Å². The Bertz CT molecular complexity index is 1180. The number of rotatable bonds is 5. The van der Waals surface area contributed by atoms with Gasteiger partial charge in [-0.3, -0.25) is 9.69 Å². The van der Waals surface area contributed by atoms with Crippen molar-refractivity contribution in [2.75, 3.05) is 17.3 Å². The quantitative estimate of drug-likeness (QED) is 0.416. The van der Waals surface area contributed by atoms with Crippen LogP contribution in [0.3, 0.4) is 0 Å².